The second-order valence-electron chi connectivity index (χ2n) is 6.90. The largest absolute Gasteiger partial charge is 0.340 e. The molecule has 2 amide bonds. The standard InChI is InChI=1S/C21H24ClFN2O2/c1-13(2)19(24-20(26)15-9-6-5-8-14(15)3)21(27)25(4)12-16-17(22)10-7-11-18(16)23/h5-11,13,19H,12H2,1-4H3,(H,24,26)/t19-/m0/s1. The van der Waals surface area contributed by atoms with Gasteiger partial charge >= 0.3 is 0 Å². The van der Waals surface area contributed by atoms with Crippen molar-refractivity contribution >= 4 is 23.4 Å². The van der Waals surface area contributed by atoms with E-state index in [4.69, 9.17) is 11.6 Å². The van der Waals surface area contributed by atoms with Crippen LogP contribution in [0.4, 0.5) is 4.39 Å². The molecule has 6 heteroatoms. The summed E-state index contributed by atoms with van der Waals surface area (Å²) in [7, 11) is 1.57. The quantitative estimate of drug-likeness (QED) is 0.803. The maximum absolute atomic E-state index is 14.0. The number of carbonyl (C=O) groups excluding carboxylic acids is 2. The summed E-state index contributed by atoms with van der Waals surface area (Å²) in [6.07, 6.45) is 0. The first-order valence-electron chi connectivity index (χ1n) is 8.76. The monoisotopic (exact) mass is 390 g/mol. The highest BCUT2D eigenvalue weighted by Crippen LogP contribution is 2.21. The number of nitrogens with one attached hydrogen (secondary N) is 1. The molecule has 0 bridgehead atoms. The predicted octanol–water partition coefficient (Wildman–Crippen LogP) is 4.20. The number of carbonyl (C=O) groups is 2. The SMILES string of the molecule is Cc1ccccc1C(=O)N[C@H](C(=O)N(C)Cc1c(F)cccc1Cl)C(C)C. The Bertz CT molecular complexity index is 818. The van der Waals surface area contributed by atoms with Gasteiger partial charge in [-0.2, -0.15) is 0 Å². The molecule has 0 saturated heterocycles. The van der Waals surface area contributed by atoms with Gasteiger partial charge in [-0.1, -0.05) is 49.7 Å². The fourth-order valence-electron chi connectivity index (χ4n) is 2.80. The highest BCUT2D eigenvalue weighted by Gasteiger charge is 2.28. The Kier molecular flexibility index (Phi) is 6.97. The molecule has 0 spiro atoms. The third kappa shape index (κ3) is 5.07. The van der Waals surface area contributed by atoms with Gasteiger partial charge in [0.25, 0.3) is 5.91 Å². The second kappa shape index (κ2) is 9.00. The average molecular weight is 391 g/mol. The van der Waals surface area contributed by atoms with Crippen LogP contribution >= 0.6 is 11.6 Å². The van der Waals surface area contributed by atoms with Crippen molar-refractivity contribution < 1.29 is 14.0 Å². The third-order valence-electron chi connectivity index (χ3n) is 4.44. The lowest BCUT2D eigenvalue weighted by molar-refractivity contribution is -0.133. The van der Waals surface area contributed by atoms with Gasteiger partial charge in [0.1, 0.15) is 11.9 Å². The van der Waals surface area contributed by atoms with Gasteiger partial charge in [-0.25, -0.2) is 4.39 Å². The lowest BCUT2D eigenvalue weighted by Gasteiger charge is -2.27. The van der Waals surface area contributed by atoms with E-state index < -0.39 is 11.9 Å². The third-order valence-corrected chi connectivity index (χ3v) is 4.80. The Balaban J connectivity index is 2.17. The van der Waals surface area contributed by atoms with Crippen LogP contribution in [0.1, 0.15) is 35.3 Å². The summed E-state index contributed by atoms with van der Waals surface area (Å²) in [4.78, 5) is 26.9. The Labute approximate surface area is 164 Å². The zero-order valence-corrected chi connectivity index (χ0v) is 16.7. The van der Waals surface area contributed by atoms with Crippen molar-refractivity contribution in [3.8, 4) is 0 Å². The summed E-state index contributed by atoms with van der Waals surface area (Å²) in [6.45, 7) is 5.57. The van der Waals surface area contributed by atoms with Gasteiger partial charge in [0.15, 0.2) is 0 Å². The van der Waals surface area contributed by atoms with E-state index in [1.165, 1.54) is 17.0 Å². The number of rotatable bonds is 6. The molecule has 0 aliphatic rings. The maximum Gasteiger partial charge on any atom is 0.252 e. The molecule has 27 heavy (non-hydrogen) atoms. The molecular weight excluding hydrogens is 367 g/mol. The maximum atomic E-state index is 14.0. The number of nitrogens with zero attached hydrogens (tertiary/aromatic N) is 1. The molecule has 0 aliphatic carbocycles. The topological polar surface area (TPSA) is 49.4 Å². The van der Waals surface area contributed by atoms with Crippen molar-refractivity contribution in [2.75, 3.05) is 7.05 Å². The van der Waals surface area contributed by atoms with E-state index in [9.17, 15) is 14.0 Å². The van der Waals surface area contributed by atoms with Crippen molar-refractivity contribution in [2.45, 2.75) is 33.4 Å². The van der Waals surface area contributed by atoms with Crippen LogP contribution in [-0.4, -0.2) is 29.8 Å². The fourth-order valence-corrected chi connectivity index (χ4v) is 3.02. The van der Waals surface area contributed by atoms with Crippen molar-refractivity contribution in [1.82, 2.24) is 10.2 Å². The molecule has 0 radical (unpaired) electrons. The zero-order chi connectivity index (χ0) is 20.1. The number of hydrogen-bond acceptors (Lipinski definition) is 2. The molecule has 1 atom stereocenters. The lowest BCUT2D eigenvalue weighted by atomic mass is 10.0. The molecule has 4 nitrogen and oxygen atoms in total. The minimum absolute atomic E-state index is 0.0216. The van der Waals surface area contributed by atoms with Crippen LogP contribution in [0.2, 0.25) is 5.02 Å². The summed E-state index contributed by atoms with van der Waals surface area (Å²) in [5.41, 5.74) is 1.61. The molecule has 0 aromatic heterocycles. The van der Waals surface area contributed by atoms with E-state index in [-0.39, 0.29) is 34.9 Å². The lowest BCUT2D eigenvalue weighted by Crippen LogP contribution is -2.50. The van der Waals surface area contributed by atoms with Crippen molar-refractivity contribution in [1.29, 1.82) is 0 Å². The Morgan fingerprint density at radius 2 is 1.81 bits per heavy atom. The highest BCUT2D eigenvalue weighted by atomic mass is 35.5. The number of hydrogen-bond donors (Lipinski definition) is 1. The molecule has 0 heterocycles. The molecule has 2 rings (SSSR count). The molecule has 1 N–H and O–H groups in total. The molecular formula is C21H24ClFN2O2. The van der Waals surface area contributed by atoms with Crippen LogP contribution in [0.3, 0.4) is 0 Å². The fraction of sp³-hybridized carbons (Fsp3) is 0.333. The van der Waals surface area contributed by atoms with Crippen LogP contribution in [0, 0.1) is 18.7 Å². The second-order valence-corrected chi connectivity index (χ2v) is 7.31. The number of aryl methyl sites for hydroxylation is 1. The van der Waals surface area contributed by atoms with E-state index in [0.717, 1.165) is 5.56 Å². The number of amides is 2. The number of benzene rings is 2. The van der Waals surface area contributed by atoms with Gasteiger partial charge in [0.05, 0.1) is 0 Å². The van der Waals surface area contributed by atoms with Crippen LogP contribution < -0.4 is 5.32 Å². The first kappa shape index (κ1) is 20.9. The predicted molar refractivity (Wildman–Crippen MR) is 105 cm³/mol. The molecule has 0 fully saturated rings. The summed E-state index contributed by atoms with van der Waals surface area (Å²) in [5, 5.41) is 3.08. The van der Waals surface area contributed by atoms with Crippen molar-refractivity contribution in [2.24, 2.45) is 5.92 Å². The Morgan fingerprint density at radius 3 is 2.41 bits per heavy atom. The number of halogens is 2. The van der Waals surface area contributed by atoms with Crippen LogP contribution in [0.25, 0.3) is 0 Å². The van der Waals surface area contributed by atoms with Crippen molar-refractivity contribution in [3.63, 3.8) is 0 Å². The minimum Gasteiger partial charge on any atom is -0.340 e. The first-order chi connectivity index (χ1) is 12.7. The van der Waals surface area contributed by atoms with Gasteiger partial charge in [-0.3, -0.25) is 9.59 Å². The summed E-state index contributed by atoms with van der Waals surface area (Å²) < 4.78 is 14.0. The molecule has 2 aromatic rings. The van der Waals surface area contributed by atoms with Crippen LogP contribution in [0.5, 0.6) is 0 Å². The Morgan fingerprint density at radius 1 is 1.15 bits per heavy atom. The van der Waals surface area contributed by atoms with E-state index >= 15 is 0 Å². The molecule has 0 unspecified atom stereocenters. The molecule has 0 saturated carbocycles. The van der Waals surface area contributed by atoms with E-state index in [2.05, 4.69) is 5.32 Å². The minimum atomic E-state index is -0.729. The number of likely N-dealkylation sites (N-methyl/N-ethyl adjacent to an activating group) is 1. The van der Waals surface area contributed by atoms with Crippen LogP contribution in [-0.2, 0) is 11.3 Å². The summed E-state index contributed by atoms with van der Waals surface area (Å²) in [5.74, 6) is -1.21. The molecule has 2 aromatic carbocycles. The highest BCUT2D eigenvalue weighted by molar-refractivity contribution is 6.31. The van der Waals surface area contributed by atoms with Gasteiger partial charge in [0, 0.05) is 29.7 Å². The van der Waals surface area contributed by atoms with E-state index in [1.807, 2.05) is 32.9 Å². The van der Waals surface area contributed by atoms with Crippen LogP contribution in [0.15, 0.2) is 42.5 Å². The van der Waals surface area contributed by atoms with Gasteiger partial charge in [0.2, 0.25) is 5.91 Å². The Hall–Kier alpha value is -2.40. The molecule has 0 aliphatic heterocycles. The summed E-state index contributed by atoms with van der Waals surface area (Å²) >= 11 is 6.05. The first-order valence-corrected chi connectivity index (χ1v) is 9.14. The van der Waals surface area contributed by atoms with E-state index in [0.29, 0.717) is 5.56 Å². The van der Waals surface area contributed by atoms with Crippen molar-refractivity contribution in [3.05, 3.63) is 70.0 Å². The van der Waals surface area contributed by atoms with E-state index in [1.54, 1.807) is 25.2 Å². The summed E-state index contributed by atoms with van der Waals surface area (Å²) in [6, 6.07) is 10.9. The zero-order valence-electron chi connectivity index (χ0n) is 15.9. The van der Waals surface area contributed by atoms with Gasteiger partial charge in [-0.05, 0) is 36.6 Å². The average Bonchev–Trinajstić information content (AvgIpc) is 2.62. The van der Waals surface area contributed by atoms with Gasteiger partial charge < -0.3 is 10.2 Å². The molecule has 144 valence electrons. The smallest absolute Gasteiger partial charge is 0.252 e. The normalized spacial score (nSPS) is 12.0. The van der Waals surface area contributed by atoms with Gasteiger partial charge in [-0.15, -0.1) is 0 Å².